The van der Waals surface area contributed by atoms with Gasteiger partial charge in [0.25, 0.3) is 0 Å². The average Bonchev–Trinajstić information content (AvgIpc) is 2.68. The van der Waals surface area contributed by atoms with Crippen molar-refractivity contribution >= 4 is 40.6 Å². The highest BCUT2D eigenvalue weighted by atomic mass is 35.5. The summed E-state index contributed by atoms with van der Waals surface area (Å²) in [6.45, 7) is 1.53. The van der Waals surface area contributed by atoms with E-state index in [2.05, 4.69) is 4.98 Å². The molecule has 1 saturated heterocycles. The van der Waals surface area contributed by atoms with Gasteiger partial charge in [0.05, 0.1) is 10.6 Å². The predicted molar refractivity (Wildman–Crippen MR) is 109 cm³/mol. The molecule has 5 nitrogen and oxygen atoms in total. The van der Waals surface area contributed by atoms with Gasteiger partial charge in [-0.2, -0.15) is 18.4 Å². The van der Waals surface area contributed by atoms with Crippen LogP contribution in [0.5, 0.6) is 0 Å². The largest absolute Gasteiger partial charge is 0.417 e. The number of benzene rings is 1. The van der Waals surface area contributed by atoms with E-state index < -0.39 is 35.1 Å². The van der Waals surface area contributed by atoms with Gasteiger partial charge in [0.1, 0.15) is 29.3 Å². The number of nitriles is 1. The number of carbonyl (C=O) groups is 1. The predicted octanol–water partition coefficient (Wildman–Crippen LogP) is 4.78. The van der Waals surface area contributed by atoms with Crippen LogP contribution in [0.3, 0.4) is 0 Å². The first-order valence-corrected chi connectivity index (χ1v) is 9.95. The van der Waals surface area contributed by atoms with Gasteiger partial charge in [-0.3, -0.25) is 4.79 Å². The molecule has 1 aromatic carbocycles. The monoisotopic (exact) mass is 474 g/mol. The molecule has 1 amide bonds. The number of nitrogens with zero attached hydrogens (tertiary/aromatic N) is 4. The van der Waals surface area contributed by atoms with E-state index in [0.717, 1.165) is 12.1 Å². The molecular weight excluding hydrogens is 459 g/mol. The molecular formula is C20H16Cl2F4N4O. The van der Waals surface area contributed by atoms with Crippen molar-refractivity contribution in [3.05, 3.63) is 51.9 Å². The third-order valence-electron chi connectivity index (χ3n) is 5.10. The minimum atomic E-state index is -4.76. The molecule has 0 saturated carbocycles. The van der Waals surface area contributed by atoms with E-state index in [1.54, 1.807) is 6.07 Å². The summed E-state index contributed by atoms with van der Waals surface area (Å²) in [4.78, 5) is 19.9. The van der Waals surface area contributed by atoms with Crippen LogP contribution in [0, 0.1) is 30.0 Å². The molecule has 0 radical (unpaired) electrons. The molecule has 3 rings (SSSR count). The molecule has 2 heterocycles. The van der Waals surface area contributed by atoms with E-state index in [4.69, 9.17) is 23.2 Å². The Balaban J connectivity index is 2.02. The number of likely N-dealkylation sites (N-methyl/N-ethyl adjacent to an activating group) is 1. The van der Waals surface area contributed by atoms with Crippen molar-refractivity contribution in [1.82, 2.24) is 4.98 Å². The van der Waals surface area contributed by atoms with Gasteiger partial charge in [-0.1, -0.05) is 11.6 Å². The van der Waals surface area contributed by atoms with Crippen LogP contribution in [-0.4, -0.2) is 36.4 Å². The summed E-state index contributed by atoms with van der Waals surface area (Å²) in [5.41, 5.74) is -1.42. The van der Waals surface area contributed by atoms with Crippen LogP contribution in [0.4, 0.5) is 29.1 Å². The first-order valence-electron chi connectivity index (χ1n) is 9.03. The van der Waals surface area contributed by atoms with Crippen molar-refractivity contribution in [2.45, 2.75) is 19.1 Å². The number of pyridine rings is 1. The fourth-order valence-corrected chi connectivity index (χ4v) is 3.93. The molecule has 164 valence electrons. The SMILES string of the molecule is Cc1cc(C(F)(F)F)c(C#N)c(N2C[C@@H](CCl)[C@H]2C(=O)N(C)c2ccc(F)c(Cl)c2)n1. The fraction of sp³-hybridized carbons (Fsp3) is 0.350. The molecule has 0 N–H and O–H groups in total. The number of hydrogen-bond donors (Lipinski definition) is 0. The second-order valence-electron chi connectivity index (χ2n) is 7.13. The molecule has 1 aromatic heterocycles. The summed E-state index contributed by atoms with van der Waals surface area (Å²) >= 11 is 11.8. The summed E-state index contributed by atoms with van der Waals surface area (Å²) in [6, 6.07) is 5.14. The van der Waals surface area contributed by atoms with Crippen molar-refractivity contribution in [3.8, 4) is 6.07 Å². The normalized spacial score (nSPS) is 18.4. The topological polar surface area (TPSA) is 60.2 Å². The van der Waals surface area contributed by atoms with Gasteiger partial charge >= 0.3 is 6.18 Å². The highest BCUT2D eigenvalue weighted by Crippen LogP contribution is 2.40. The maximum Gasteiger partial charge on any atom is 0.417 e. The van der Waals surface area contributed by atoms with Crippen LogP contribution >= 0.6 is 23.2 Å². The van der Waals surface area contributed by atoms with Crippen LogP contribution in [0.1, 0.15) is 16.8 Å². The number of amides is 1. The van der Waals surface area contributed by atoms with E-state index in [-0.39, 0.29) is 34.9 Å². The average molecular weight is 475 g/mol. The van der Waals surface area contributed by atoms with Gasteiger partial charge in [0.15, 0.2) is 0 Å². The molecule has 31 heavy (non-hydrogen) atoms. The van der Waals surface area contributed by atoms with Crippen LogP contribution in [0.2, 0.25) is 5.02 Å². The van der Waals surface area contributed by atoms with Crippen molar-refractivity contribution in [2.75, 3.05) is 29.3 Å². The Morgan fingerprint density at radius 1 is 1.39 bits per heavy atom. The molecule has 0 spiro atoms. The zero-order valence-corrected chi connectivity index (χ0v) is 17.9. The van der Waals surface area contributed by atoms with Crippen LogP contribution in [0.25, 0.3) is 0 Å². The van der Waals surface area contributed by atoms with Gasteiger partial charge in [0, 0.05) is 36.8 Å². The number of carbonyl (C=O) groups excluding carboxylic acids is 1. The maximum atomic E-state index is 13.5. The standard InChI is InChI=1S/C20H16Cl2F4N4O/c1-10-5-14(20(24,25)26)13(8-27)18(28-10)30-9-11(7-21)17(30)19(31)29(2)12-3-4-16(23)15(22)6-12/h3-6,11,17H,7,9H2,1-2H3/t11-,17+/m1/s1. The molecule has 0 unspecified atom stereocenters. The van der Waals surface area contributed by atoms with E-state index in [0.29, 0.717) is 5.69 Å². The van der Waals surface area contributed by atoms with Crippen LogP contribution in [0.15, 0.2) is 24.3 Å². The lowest BCUT2D eigenvalue weighted by atomic mass is 9.88. The summed E-state index contributed by atoms with van der Waals surface area (Å²) in [7, 11) is 1.43. The smallest absolute Gasteiger partial charge is 0.343 e. The Kier molecular flexibility index (Phi) is 6.35. The zero-order valence-electron chi connectivity index (χ0n) is 16.3. The van der Waals surface area contributed by atoms with Crippen molar-refractivity contribution in [1.29, 1.82) is 5.26 Å². The first-order chi connectivity index (χ1) is 14.5. The molecule has 2 aromatic rings. The lowest BCUT2D eigenvalue weighted by Crippen LogP contribution is -2.64. The number of alkyl halides is 4. The Morgan fingerprint density at radius 3 is 2.61 bits per heavy atom. The number of halogens is 6. The first kappa shape index (κ1) is 23.1. The molecule has 11 heteroatoms. The molecule has 1 aliphatic heterocycles. The Labute approximate surface area is 185 Å². The number of rotatable bonds is 4. The molecule has 1 fully saturated rings. The number of anilines is 2. The third-order valence-corrected chi connectivity index (χ3v) is 5.79. The van der Waals surface area contributed by atoms with Gasteiger partial charge in [-0.25, -0.2) is 9.37 Å². The quantitative estimate of drug-likeness (QED) is 0.472. The molecule has 0 aliphatic carbocycles. The third kappa shape index (κ3) is 4.27. The lowest BCUT2D eigenvalue weighted by molar-refractivity contribution is -0.137. The molecule has 2 atom stereocenters. The van der Waals surface area contributed by atoms with Crippen LogP contribution < -0.4 is 9.80 Å². The second-order valence-corrected chi connectivity index (χ2v) is 7.84. The van der Waals surface area contributed by atoms with E-state index in [1.807, 2.05) is 0 Å². The summed E-state index contributed by atoms with van der Waals surface area (Å²) in [5, 5.41) is 9.24. The highest BCUT2D eigenvalue weighted by Gasteiger charge is 2.47. The van der Waals surface area contributed by atoms with Gasteiger partial charge in [-0.05, 0) is 31.2 Å². The van der Waals surface area contributed by atoms with Crippen molar-refractivity contribution in [3.63, 3.8) is 0 Å². The van der Waals surface area contributed by atoms with Crippen molar-refractivity contribution < 1.29 is 22.4 Å². The Bertz CT molecular complexity index is 1070. The maximum absolute atomic E-state index is 13.5. The Morgan fingerprint density at radius 2 is 2.06 bits per heavy atom. The summed E-state index contributed by atoms with van der Waals surface area (Å²) < 4.78 is 53.9. The second kappa shape index (κ2) is 8.52. The van der Waals surface area contributed by atoms with Gasteiger partial charge in [-0.15, -0.1) is 11.6 Å². The van der Waals surface area contributed by atoms with E-state index >= 15 is 0 Å². The number of aromatic nitrogens is 1. The fourth-order valence-electron chi connectivity index (χ4n) is 3.49. The molecule has 1 aliphatic rings. The zero-order chi connectivity index (χ0) is 23.1. The van der Waals surface area contributed by atoms with Gasteiger partial charge < -0.3 is 9.80 Å². The van der Waals surface area contributed by atoms with E-state index in [9.17, 15) is 27.6 Å². The summed E-state index contributed by atoms with van der Waals surface area (Å²) in [5.74, 6) is -1.68. The number of aryl methyl sites for hydroxylation is 1. The minimum Gasteiger partial charge on any atom is -0.343 e. The Hall–Kier alpha value is -2.57. The lowest BCUT2D eigenvalue weighted by Gasteiger charge is -2.48. The van der Waals surface area contributed by atoms with Crippen LogP contribution in [-0.2, 0) is 11.0 Å². The molecule has 0 bridgehead atoms. The number of hydrogen-bond acceptors (Lipinski definition) is 4. The van der Waals surface area contributed by atoms with Crippen molar-refractivity contribution in [2.24, 2.45) is 5.92 Å². The summed E-state index contributed by atoms with van der Waals surface area (Å²) in [6.07, 6.45) is -4.76. The highest BCUT2D eigenvalue weighted by molar-refractivity contribution is 6.31. The minimum absolute atomic E-state index is 0.0560. The van der Waals surface area contributed by atoms with E-state index in [1.165, 1.54) is 35.9 Å². The van der Waals surface area contributed by atoms with Gasteiger partial charge in [0.2, 0.25) is 5.91 Å².